The number of rotatable bonds is 4. The zero-order chi connectivity index (χ0) is 20.4. The van der Waals surface area contributed by atoms with Gasteiger partial charge in [-0.25, -0.2) is 4.79 Å². The van der Waals surface area contributed by atoms with Gasteiger partial charge in [-0.3, -0.25) is 4.79 Å². The van der Waals surface area contributed by atoms with E-state index in [0.29, 0.717) is 23.0 Å². The monoisotopic (exact) mass is 432 g/mol. The highest BCUT2D eigenvalue weighted by molar-refractivity contribution is 7.14. The van der Waals surface area contributed by atoms with Gasteiger partial charge in [-0.1, -0.05) is 17.7 Å². The molecule has 0 unspecified atom stereocenters. The molecular weight excluding hydrogens is 408 g/mol. The number of amides is 1. The Hall–Kier alpha value is -2.05. The summed E-state index contributed by atoms with van der Waals surface area (Å²) < 4.78 is 5.32. The second-order valence-corrected chi connectivity index (χ2v) is 9.21. The molecule has 154 valence electrons. The summed E-state index contributed by atoms with van der Waals surface area (Å²) in [5.74, 6) is -0.520. The number of nitrogens with zero attached hydrogens (tertiary/aromatic N) is 2. The Morgan fingerprint density at radius 2 is 1.86 bits per heavy atom. The van der Waals surface area contributed by atoms with Crippen LogP contribution in [-0.2, 0) is 22.4 Å². The molecule has 2 aromatic rings. The fraction of sp³-hybridized carbons (Fsp3) is 0.455. The minimum atomic E-state index is -0.383. The summed E-state index contributed by atoms with van der Waals surface area (Å²) in [5.41, 5.74) is 3.55. The number of fused-ring (bicyclic) bond motifs is 1. The molecule has 0 radical (unpaired) electrons. The van der Waals surface area contributed by atoms with Crippen LogP contribution in [0.4, 0.5) is 5.69 Å². The van der Waals surface area contributed by atoms with Gasteiger partial charge < -0.3 is 14.5 Å². The first-order valence-corrected chi connectivity index (χ1v) is 11.3. The number of hydrogen-bond donors (Lipinski definition) is 0. The summed E-state index contributed by atoms with van der Waals surface area (Å²) in [6.07, 6.45) is 4.44. The van der Waals surface area contributed by atoms with Gasteiger partial charge >= 0.3 is 5.97 Å². The maximum atomic E-state index is 12.5. The average Bonchev–Trinajstić information content (AvgIpc) is 3.18. The van der Waals surface area contributed by atoms with Crippen molar-refractivity contribution in [2.45, 2.75) is 32.6 Å². The molecular formula is C22H25ClN2O3S. The molecule has 1 aliphatic heterocycles. The van der Waals surface area contributed by atoms with E-state index in [1.165, 1.54) is 40.2 Å². The Kier molecular flexibility index (Phi) is 6.11. The van der Waals surface area contributed by atoms with Crippen LogP contribution in [0, 0.1) is 6.92 Å². The first-order chi connectivity index (χ1) is 14.0. The zero-order valence-electron chi connectivity index (χ0n) is 16.6. The number of ether oxygens (including phenoxy) is 1. The molecule has 5 nitrogen and oxygen atoms in total. The lowest BCUT2D eigenvalue weighted by atomic mass is 9.99. The molecule has 29 heavy (non-hydrogen) atoms. The van der Waals surface area contributed by atoms with Crippen LogP contribution in [0.5, 0.6) is 0 Å². The highest BCUT2D eigenvalue weighted by atomic mass is 35.5. The Bertz CT molecular complexity index is 895. The molecule has 1 aliphatic carbocycles. The van der Waals surface area contributed by atoms with Crippen molar-refractivity contribution >= 4 is 40.5 Å². The Morgan fingerprint density at radius 3 is 2.62 bits per heavy atom. The maximum absolute atomic E-state index is 12.5. The number of esters is 1. The van der Waals surface area contributed by atoms with E-state index in [9.17, 15) is 9.59 Å². The van der Waals surface area contributed by atoms with Gasteiger partial charge in [0, 0.05) is 41.8 Å². The molecule has 0 atom stereocenters. The number of aryl methyl sites for hydroxylation is 3. The standard InChI is InChI=1S/C22H25ClN2O3S/c1-15-6-7-17(23)13-18(15)24-8-10-25(11-9-24)21(26)14-28-22(27)20-12-16-4-2-3-5-19(16)29-20/h6-7,12-13H,2-5,8-11,14H2,1H3. The van der Waals surface area contributed by atoms with E-state index in [4.69, 9.17) is 16.3 Å². The number of benzene rings is 1. The summed E-state index contributed by atoms with van der Waals surface area (Å²) in [6.45, 7) is 4.55. The topological polar surface area (TPSA) is 49.9 Å². The predicted molar refractivity (Wildman–Crippen MR) is 116 cm³/mol. The first-order valence-electron chi connectivity index (χ1n) is 10.1. The molecule has 1 aromatic carbocycles. The molecule has 1 fully saturated rings. The fourth-order valence-electron chi connectivity index (χ4n) is 4.00. The molecule has 1 amide bonds. The van der Waals surface area contributed by atoms with E-state index in [1.54, 1.807) is 4.90 Å². The molecule has 4 rings (SSSR count). The zero-order valence-corrected chi connectivity index (χ0v) is 18.2. The van der Waals surface area contributed by atoms with Crippen LogP contribution < -0.4 is 4.90 Å². The molecule has 0 saturated carbocycles. The van der Waals surface area contributed by atoms with Crippen molar-refractivity contribution in [3.63, 3.8) is 0 Å². The van der Waals surface area contributed by atoms with E-state index in [1.807, 2.05) is 24.3 Å². The number of hydrogen-bond acceptors (Lipinski definition) is 5. The van der Waals surface area contributed by atoms with E-state index in [-0.39, 0.29) is 18.5 Å². The van der Waals surface area contributed by atoms with Crippen molar-refractivity contribution in [2.75, 3.05) is 37.7 Å². The lowest BCUT2D eigenvalue weighted by Crippen LogP contribution is -2.50. The van der Waals surface area contributed by atoms with Crippen LogP contribution in [0.3, 0.4) is 0 Å². The molecule has 7 heteroatoms. The molecule has 0 N–H and O–H groups in total. The van der Waals surface area contributed by atoms with Crippen molar-refractivity contribution in [3.8, 4) is 0 Å². The second kappa shape index (κ2) is 8.76. The molecule has 1 aromatic heterocycles. The van der Waals surface area contributed by atoms with E-state index in [2.05, 4.69) is 11.8 Å². The van der Waals surface area contributed by atoms with Crippen LogP contribution >= 0.6 is 22.9 Å². The largest absolute Gasteiger partial charge is 0.451 e. The predicted octanol–water partition coefficient (Wildman–Crippen LogP) is 4.09. The Balaban J connectivity index is 1.28. The molecule has 2 heterocycles. The van der Waals surface area contributed by atoms with Gasteiger partial charge in [0.25, 0.3) is 5.91 Å². The highest BCUT2D eigenvalue weighted by Crippen LogP contribution is 2.30. The fourth-order valence-corrected chi connectivity index (χ4v) is 5.31. The van der Waals surface area contributed by atoms with Crippen molar-refractivity contribution in [2.24, 2.45) is 0 Å². The number of piperazine rings is 1. The summed E-state index contributed by atoms with van der Waals surface area (Å²) in [7, 11) is 0. The summed E-state index contributed by atoms with van der Waals surface area (Å²) in [6, 6.07) is 7.81. The maximum Gasteiger partial charge on any atom is 0.348 e. The average molecular weight is 433 g/mol. The smallest absolute Gasteiger partial charge is 0.348 e. The lowest BCUT2D eigenvalue weighted by molar-refractivity contribution is -0.134. The van der Waals surface area contributed by atoms with Crippen molar-refractivity contribution in [1.82, 2.24) is 4.90 Å². The van der Waals surface area contributed by atoms with Crippen LogP contribution in [0.2, 0.25) is 5.02 Å². The van der Waals surface area contributed by atoms with Gasteiger partial charge in [0.1, 0.15) is 4.88 Å². The Labute approximate surface area is 180 Å². The highest BCUT2D eigenvalue weighted by Gasteiger charge is 2.24. The molecule has 0 spiro atoms. The van der Waals surface area contributed by atoms with Crippen LogP contribution in [0.1, 0.15) is 38.5 Å². The van der Waals surface area contributed by atoms with Gasteiger partial charge in [0.15, 0.2) is 6.61 Å². The summed E-state index contributed by atoms with van der Waals surface area (Å²) in [5, 5.41) is 0.714. The van der Waals surface area contributed by atoms with Crippen LogP contribution in [0.15, 0.2) is 24.3 Å². The number of halogens is 1. The third-order valence-electron chi connectivity index (χ3n) is 5.67. The van der Waals surface area contributed by atoms with Crippen molar-refractivity contribution in [1.29, 1.82) is 0 Å². The van der Waals surface area contributed by atoms with E-state index in [0.717, 1.165) is 31.6 Å². The van der Waals surface area contributed by atoms with Gasteiger partial charge in [0.05, 0.1) is 0 Å². The minimum Gasteiger partial charge on any atom is -0.451 e. The summed E-state index contributed by atoms with van der Waals surface area (Å²) >= 11 is 7.65. The van der Waals surface area contributed by atoms with Gasteiger partial charge in [-0.2, -0.15) is 0 Å². The third kappa shape index (κ3) is 4.59. The van der Waals surface area contributed by atoms with Gasteiger partial charge in [-0.15, -0.1) is 11.3 Å². The molecule has 2 aliphatic rings. The molecule has 1 saturated heterocycles. The number of carbonyl (C=O) groups excluding carboxylic acids is 2. The van der Waals surface area contributed by atoms with Crippen LogP contribution in [0.25, 0.3) is 0 Å². The second-order valence-electron chi connectivity index (χ2n) is 7.64. The van der Waals surface area contributed by atoms with Crippen LogP contribution in [-0.4, -0.2) is 49.6 Å². The van der Waals surface area contributed by atoms with Gasteiger partial charge in [-0.05, 0) is 61.9 Å². The quantitative estimate of drug-likeness (QED) is 0.682. The summed E-state index contributed by atoms with van der Waals surface area (Å²) in [4.78, 5) is 30.8. The van der Waals surface area contributed by atoms with E-state index < -0.39 is 0 Å². The number of anilines is 1. The number of carbonyl (C=O) groups is 2. The van der Waals surface area contributed by atoms with Gasteiger partial charge in [0.2, 0.25) is 0 Å². The minimum absolute atomic E-state index is 0.137. The van der Waals surface area contributed by atoms with E-state index >= 15 is 0 Å². The first kappa shape index (κ1) is 20.2. The SMILES string of the molecule is Cc1ccc(Cl)cc1N1CCN(C(=O)COC(=O)c2cc3c(s2)CCCC3)CC1. The molecule has 0 bridgehead atoms. The Morgan fingerprint density at radius 1 is 1.10 bits per heavy atom. The van der Waals surface area contributed by atoms with Crippen molar-refractivity contribution < 1.29 is 14.3 Å². The number of thiophene rings is 1. The normalized spacial score (nSPS) is 16.5. The lowest BCUT2D eigenvalue weighted by Gasteiger charge is -2.36. The van der Waals surface area contributed by atoms with Crippen molar-refractivity contribution in [3.05, 3.63) is 50.2 Å². The third-order valence-corrected chi connectivity index (χ3v) is 7.12.